The lowest BCUT2D eigenvalue weighted by Crippen LogP contribution is -2.38. The number of nitrogens with two attached hydrogens (primary N) is 1. The molecule has 6 nitrogen and oxygen atoms in total. The molecule has 0 aromatic heterocycles. The maximum absolute atomic E-state index is 10.5. The number of amides is 2. The van der Waals surface area contributed by atoms with Crippen LogP contribution in [0.3, 0.4) is 0 Å². The Morgan fingerprint density at radius 2 is 1.70 bits per heavy atom. The monoisotopic (exact) mass is 148 g/mol. The van der Waals surface area contributed by atoms with Gasteiger partial charge in [-0.2, -0.15) is 0 Å². The summed E-state index contributed by atoms with van der Waals surface area (Å²) in [7, 11) is 2.34. The molecule has 0 spiro atoms. The average Bonchev–Trinajstić information content (AvgIpc) is 1.90. The number of carbonyl (C=O) groups excluding carboxylic acids is 2. The molecule has 0 aliphatic rings. The average molecular weight is 148 g/mol. The largest absolute Gasteiger partial charge is 0.361 e. The second-order valence-electron chi connectivity index (χ2n) is 1.29. The molecule has 0 rings (SSSR count). The third-order valence-corrected chi connectivity index (χ3v) is 0.708. The van der Waals surface area contributed by atoms with Gasteiger partial charge in [0.1, 0.15) is 0 Å². The highest BCUT2D eigenvalue weighted by Crippen LogP contribution is 1.87. The molecule has 2 amide bonds. The fraction of sp³-hybridized carbons (Fsp3) is 0.500. The molecule has 0 atom stereocenters. The van der Waals surface area contributed by atoms with E-state index < -0.39 is 11.8 Å². The van der Waals surface area contributed by atoms with E-state index in [0.717, 1.165) is 0 Å². The lowest BCUT2D eigenvalue weighted by Gasteiger charge is -2.12. The van der Waals surface area contributed by atoms with Gasteiger partial charge in [0.25, 0.3) is 0 Å². The predicted molar refractivity (Wildman–Crippen MR) is 30.1 cm³/mol. The second kappa shape index (κ2) is 3.80. The Hall–Kier alpha value is -1.14. The Morgan fingerprint density at radius 1 is 1.30 bits per heavy atom. The van der Waals surface area contributed by atoms with E-state index in [4.69, 9.17) is 0 Å². The van der Waals surface area contributed by atoms with E-state index >= 15 is 0 Å². The first-order chi connectivity index (χ1) is 4.63. The topological polar surface area (TPSA) is 81.9 Å². The van der Waals surface area contributed by atoms with Crippen LogP contribution in [0.4, 0.5) is 0 Å². The number of rotatable bonds is 2. The lowest BCUT2D eigenvalue weighted by atomic mass is 10.6. The van der Waals surface area contributed by atoms with Crippen LogP contribution in [0, 0.1) is 0 Å². The van der Waals surface area contributed by atoms with Gasteiger partial charge in [-0.15, -0.1) is 0 Å². The van der Waals surface area contributed by atoms with Gasteiger partial charge in [-0.3, -0.25) is 9.59 Å². The first-order valence-corrected chi connectivity index (χ1v) is 2.35. The molecule has 0 bridgehead atoms. The second-order valence-corrected chi connectivity index (χ2v) is 1.29. The molecule has 0 aromatic rings. The van der Waals surface area contributed by atoms with Gasteiger partial charge >= 0.3 is 11.8 Å². The van der Waals surface area contributed by atoms with Crippen molar-refractivity contribution in [1.29, 1.82) is 0 Å². The van der Waals surface area contributed by atoms with Gasteiger partial charge in [-0.05, 0) is 0 Å². The standard InChI is InChI=1S/C4H8N2O4/c1-9-6(10-2)4(8)3(5)7/h1-2H3,(H2,5,7). The van der Waals surface area contributed by atoms with Crippen molar-refractivity contribution >= 4 is 11.8 Å². The van der Waals surface area contributed by atoms with Gasteiger partial charge < -0.3 is 5.73 Å². The zero-order chi connectivity index (χ0) is 8.15. The van der Waals surface area contributed by atoms with Crippen LogP contribution in [-0.2, 0) is 19.3 Å². The first-order valence-electron chi connectivity index (χ1n) is 2.35. The van der Waals surface area contributed by atoms with Crippen molar-refractivity contribution < 1.29 is 19.3 Å². The van der Waals surface area contributed by atoms with Crippen LogP contribution in [0.15, 0.2) is 0 Å². The van der Waals surface area contributed by atoms with Crippen LogP contribution < -0.4 is 5.73 Å². The molecule has 0 heterocycles. The molecular formula is C4H8N2O4. The summed E-state index contributed by atoms with van der Waals surface area (Å²) in [6.07, 6.45) is 0. The van der Waals surface area contributed by atoms with Gasteiger partial charge in [0.2, 0.25) is 0 Å². The van der Waals surface area contributed by atoms with Gasteiger partial charge in [-0.1, -0.05) is 5.23 Å². The van der Waals surface area contributed by atoms with E-state index in [1.165, 1.54) is 14.2 Å². The summed E-state index contributed by atoms with van der Waals surface area (Å²) in [5.74, 6) is -2.19. The summed E-state index contributed by atoms with van der Waals surface area (Å²) >= 11 is 0. The highest BCUT2D eigenvalue weighted by atomic mass is 16.9. The molecule has 2 N–H and O–H groups in total. The van der Waals surface area contributed by atoms with Crippen molar-refractivity contribution in [3.8, 4) is 0 Å². The Bertz CT molecular complexity index is 142. The van der Waals surface area contributed by atoms with Gasteiger partial charge in [-0.25, -0.2) is 9.68 Å². The van der Waals surface area contributed by atoms with Gasteiger partial charge in [0.05, 0.1) is 14.2 Å². The molecule has 0 saturated carbocycles. The van der Waals surface area contributed by atoms with Crippen LogP contribution in [-0.4, -0.2) is 31.3 Å². The molecule has 0 aliphatic carbocycles. The third-order valence-electron chi connectivity index (χ3n) is 0.708. The number of nitrogens with zero attached hydrogens (tertiary/aromatic N) is 1. The Morgan fingerprint density at radius 3 is 1.80 bits per heavy atom. The number of primary amides is 1. The van der Waals surface area contributed by atoms with E-state index in [2.05, 4.69) is 15.4 Å². The molecule has 0 unspecified atom stereocenters. The SMILES string of the molecule is CON(OC)C(=O)C(N)=O. The molecule has 0 radical (unpaired) electrons. The quantitative estimate of drug-likeness (QED) is 0.378. The van der Waals surface area contributed by atoms with E-state index in [9.17, 15) is 9.59 Å². The molecule has 6 heteroatoms. The Balaban J connectivity index is 4.02. The fourth-order valence-corrected chi connectivity index (χ4v) is 0.330. The van der Waals surface area contributed by atoms with Crippen molar-refractivity contribution in [2.75, 3.05) is 14.2 Å². The van der Waals surface area contributed by atoms with Crippen molar-refractivity contribution in [3.05, 3.63) is 0 Å². The van der Waals surface area contributed by atoms with Crippen LogP contribution in [0.1, 0.15) is 0 Å². The minimum Gasteiger partial charge on any atom is -0.361 e. The number of hydrogen-bond acceptors (Lipinski definition) is 4. The normalized spacial score (nSPS) is 9.00. The third kappa shape index (κ3) is 2.00. The smallest absolute Gasteiger partial charge is 0.360 e. The molecule has 58 valence electrons. The van der Waals surface area contributed by atoms with Gasteiger partial charge in [0, 0.05) is 0 Å². The van der Waals surface area contributed by atoms with Gasteiger partial charge in [0.15, 0.2) is 0 Å². The van der Waals surface area contributed by atoms with Crippen molar-refractivity contribution in [1.82, 2.24) is 5.23 Å². The molecule has 0 fully saturated rings. The van der Waals surface area contributed by atoms with Crippen molar-refractivity contribution in [2.24, 2.45) is 5.73 Å². The molecule has 0 aliphatic heterocycles. The highest BCUT2D eigenvalue weighted by molar-refractivity contribution is 6.33. The Kier molecular flexibility index (Phi) is 3.37. The first kappa shape index (κ1) is 8.86. The van der Waals surface area contributed by atoms with Crippen LogP contribution in [0.5, 0.6) is 0 Å². The van der Waals surface area contributed by atoms with Crippen molar-refractivity contribution in [2.45, 2.75) is 0 Å². The van der Waals surface area contributed by atoms with Crippen LogP contribution in [0.2, 0.25) is 0 Å². The summed E-state index contributed by atoms with van der Waals surface area (Å²) < 4.78 is 0. The minimum atomic E-state index is -1.14. The summed E-state index contributed by atoms with van der Waals surface area (Å²) in [6.45, 7) is 0. The number of hydroxylamine groups is 2. The van der Waals surface area contributed by atoms with Crippen LogP contribution in [0.25, 0.3) is 0 Å². The maximum Gasteiger partial charge on any atom is 0.360 e. The Labute approximate surface area is 57.4 Å². The fourth-order valence-electron chi connectivity index (χ4n) is 0.330. The maximum atomic E-state index is 10.5. The zero-order valence-corrected chi connectivity index (χ0v) is 5.66. The summed E-state index contributed by atoms with van der Waals surface area (Å²) in [5, 5.41) is 0.377. The van der Waals surface area contributed by atoms with Crippen molar-refractivity contribution in [3.63, 3.8) is 0 Å². The molecular weight excluding hydrogens is 140 g/mol. The summed E-state index contributed by atoms with van der Waals surface area (Å²) in [4.78, 5) is 29.2. The van der Waals surface area contributed by atoms with E-state index in [1.807, 2.05) is 0 Å². The molecule has 0 saturated heterocycles. The van der Waals surface area contributed by atoms with E-state index in [1.54, 1.807) is 0 Å². The number of hydrogen-bond donors (Lipinski definition) is 1. The minimum absolute atomic E-state index is 0.377. The van der Waals surface area contributed by atoms with E-state index in [-0.39, 0.29) is 0 Å². The molecule has 0 aromatic carbocycles. The summed E-state index contributed by atoms with van der Waals surface area (Å²) in [5.41, 5.74) is 4.60. The highest BCUT2D eigenvalue weighted by Gasteiger charge is 2.18. The van der Waals surface area contributed by atoms with E-state index in [0.29, 0.717) is 5.23 Å². The summed E-state index contributed by atoms with van der Waals surface area (Å²) in [6, 6.07) is 0. The number of carbonyl (C=O) groups is 2. The predicted octanol–water partition coefficient (Wildman–Crippen LogP) is -1.58. The zero-order valence-electron chi connectivity index (χ0n) is 5.66. The van der Waals surface area contributed by atoms with Crippen LogP contribution >= 0.6 is 0 Å². The lowest BCUT2D eigenvalue weighted by molar-refractivity contribution is -0.314. The molecule has 10 heavy (non-hydrogen) atoms.